The summed E-state index contributed by atoms with van der Waals surface area (Å²) in [7, 11) is 1.61. The van der Waals surface area contributed by atoms with Gasteiger partial charge in [-0.05, 0) is 55.5 Å². The van der Waals surface area contributed by atoms with E-state index >= 15 is 0 Å². The summed E-state index contributed by atoms with van der Waals surface area (Å²) in [6.07, 6.45) is 5.50. The number of carbonyl (C=O) groups excluding carboxylic acids is 2. The lowest BCUT2D eigenvalue weighted by molar-refractivity contribution is -0.151. The summed E-state index contributed by atoms with van der Waals surface area (Å²) in [6, 6.07) is 15.5. The summed E-state index contributed by atoms with van der Waals surface area (Å²) in [6.45, 7) is 2.51. The molecular formula is C26H30N2O4. The molecule has 0 spiro atoms. The summed E-state index contributed by atoms with van der Waals surface area (Å²) >= 11 is 0. The molecule has 1 saturated heterocycles. The Morgan fingerprint density at radius 2 is 1.97 bits per heavy atom. The van der Waals surface area contributed by atoms with Gasteiger partial charge in [-0.25, -0.2) is 0 Å². The smallest absolute Gasteiger partial charge is 0.289 e. The van der Waals surface area contributed by atoms with Gasteiger partial charge in [0.25, 0.3) is 5.91 Å². The molecule has 0 bridgehead atoms. The molecule has 1 aliphatic heterocycles. The minimum Gasteiger partial charge on any atom is -0.497 e. The molecule has 1 aliphatic carbocycles. The molecule has 168 valence electrons. The van der Waals surface area contributed by atoms with E-state index < -0.39 is 0 Å². The van der Waals surface area contributed by atoms with Gasteiger partial charge in [0.15, 0.2) is 5.76 Å². The molecule has 32 heavy (non-hydrogen) atoms. The minimum atomic E-state index is -0.235. The Labute approximate surface area is 189 Å². The Morgan fingerprint density at radius 1 is 1.19 bits per heavy atom. The highest BCUT2D eigenvalue weighted by Gasteiger charge is 2.42. The summed E-state index contributed by atoms with van der Waals surface area (Å²) in [5.41, 5.74) is 3.04. The molecule has 2 unspecified atom stereocenters. The van der Waals surface area contributed by atoms with E-state index in [1.165, 1.54) is 5.56 Å². The van der Waals surface area contributed by atoms with Crippen LogP contribution in [0.3, 0.4) is 0 Å². The van der Waals surface area contributed by atoms with Crippen molar-refractivity contribution in [3.05, 3.63) is 71.0 Å². The average Bonchev–Trinajstić information content (AvgIpc) is 2.81. The van der Waals surface area contributed by atoms with E-state index in [2.05, 4.69) is 5.32 Å². The predicted octanol–water partition coefficient (Wildman–Crippen LogP) is 3.83. The van der Waals surface area contributed by atoms with Gasteiger partial charge in [0.05, 0.1) is 13.2 Å². The molecule has 0 aromatic heterocycles. The Morgan fingerprint density at radius 3 is 2.75 bits per heavy atom. The van der Waals surface area contributed by atoms with E-state index in [-0.39, 0.29) is 36.3 Å². The molecule has 2 atom stereocenters. The number of carbonyl (C=O) groups is 2. The van der Waals surface area contributed by atoms with E-state index in [1.807, 2.05) is 55.5 Å². The van der Waals surface area contributed by atoms with Crippen molar-refractivity contribution in [1.29, 1.82) is 0 Å². The molecule has 2 aromatic carbocycles. The summed E-state index contributed by atoms with van der Waals surface area (Å²) in [4.78, 5) is 27.7. The van der Waals surface area contributed by atoms with Crippen LogP contribution in [-0.2, 0) is 20.9 Å². The molecule has 2 aliphatic rings. The number of nitrogens with one attached hydrogen (secondary N) is 1. The van der Waals surface area contributed by atoms with Crippen LogP contribution in [0.25, 0.3) is 6.08 Å². The van der Waals surface area contributed by atoms with Gasteiger partial charge in [-0.1, -0.05) is 48.4 Å². The van der Waals surface area contributed by atoms with Gasteiger partial charge in [-0.15, -0.1) is 0 Å². The first-order chi connectivity index (χ1) is 15.5. The Bertz CT molecular complexity index is 999. The van der Waals surface area contributed by atoms with Gasteiger partial charge in [0.1, 0.15) is 18.4 Å². The number of methoxy groups -OCH3 is 1. The number of amides is 2. The second-order valence-corrected chi connectivity index (χ2v) is 8.49. The van der Waals surface area contributed by atoms with Gasteiger partial charge in [-0.3, -0.25) is 9.59 Å². The number of rotatable bonds is 6. The molecular weight excluding hydrogens is 404 g/mol. The predicted molar refractivity (Wildman–Crippen MR) is 123 cm³/mol. The highest BCUT2D eigenvalue weighted by Crippen LogP contribution is 2.33. The summed E-state index contributed by atoms with van der Waals surface area (Å²) < 4.78 is 11.4. The average molecular weight is 435 g/mol. The quantitative estimate of drug-likeness (QED) is 0.702. The molecule has 1 heterocycles. The number of ether oxygens (including phenoxy) is 2. The third-order valence-electron chi connectivity index (χ3n) is 6.13. The molecule has 2 amide bonds. The fourth-order valence-electron chi connectivity index (χ4n) is 4.36. The van der Waals surface area contributed by atoms with Gasteiger partial charge >= 0.3 is 0 Å². The lowest BCUT2D eigenvalue weighted by Gasteiger charge is -2.44. The minimum absolute atomic E-state index is 0.0324. The molecule has 4 rings (SSSR count). The van der Waals surface area contributed by atoms with Crippen LogP contribution in [0.4, 0.5) is 0 Å². The van der Waals surface area contributed by atoms with Crippen LogP contribution in [0, 0.1) is 6.92 Å². The number of morpholine rings is 1. The maximum Gasteiger partial charge on any atom is 0.289 e. The van der Waals surface area contributed by atoms with Crippen molar-refractivity contribution in [2.24, 2.45) is 0 Å². The largest absolute Gasteiger partial charge is 0.497 e. The van der Waals surface area contributed by atoms with E-state index in [0.29, 0.717) is 12.3 Å². The lowest BCUT2D eigenvalue weighted by Crippen LogP contribution is -2.57. The van der Waals surface area contributed by atoms with Crippen molar-refractivity contribution in [3.63, 3.8) is 0 Å². The van der Waals surface area contributed by atoms with Crippen LogP contribution in [0.5, 0.6) is 5.75 Å². The van der Waals surface area contributed by atoms with Gasteiger partial charge < -0.3 is 19.7 Å². The van der Waals surface area contributed by atoms with Crippen molar-refractivity contribution >= 4 is 17.9 Å². The summed E-state index contributed by atoms with van der Waals surface area (Å²) in [5, 5.41) is 2.95. The van der Waals surface area contributed by atoms with Crippen molar-refractivity contribution in [3.8, 4) is 5.75 Å². The zero-order chi connectivity index (χ0) is 22.5. The Balaban J connectivity index is 1.49. The van der Waals surface area contributed by atoms with Crippen molar-refractivity contribution in [2.75, 3.05) is 13.7 Å². The number of fused-ring (bicyclic) bond motifs is 1. The highest BCUT2D eigenvalue weighted by atomic mass is 16.5. The van der Waals surface area contributed by atoms with Gasteiger partial charge in [0.2, 0.25) is 5.91 Å². The molecule has 1 saturated carbocycles. The van der Waals surface area contributed by atoms with Crippen LogP contribution >= 0.6 is 0 Å². The maximum atomic E-state index is 13.3. The fourth-order valence-corrected chi connectivity index (χ4v) is 4.36. The second kappa shape index (κ2) is 9.90. The first kappa shape index (κ1) is 21.9. The lowest BCUT2D eigenvalue weighted by atomic mass is 9.89. The number of nitrogens with zero attached hydrogens (tertiary/aromatic N) is 1. The van der Waals surface area contributed by atoms with E-state index in [0.717, 1.165) is 36.8 Å². The van der Waals surface area contributed by atoms with Gasteiger partial charge in [0, 0.05) is 6.54 Å². The Kier molecular flexibility index (Phi) is 6.78. The number of benzene rings is 2. The number of aryl methyl sites for hydroxylation is 1. The molecule has 0 radical (unpaired) electrons. The van der Waals surface area contributed by atoms with Crippen molar-refractivity contribution < 1.29 is 19.1 Å². The molecule has 2 aromatic rings. The first-order valence-corrected chi connectivity index (χ1v) is 11.2. The third kappa shape index (κ3) is 5.13. The molecule has 6 nitrogen and oxygen atoms in total. The fraction of sp³-hybridized carbons (Fsp3) is 0.385. The molecule has 2 fully saturated rings. The van der Waals surface area contributed by atoms with Crippen LogP contribution in [0.1, 0.15) is 42.4 Å². The second-order valence-electron chi connectivity index (χ2n) is 8.49. The SMILES string of the molecule is COc1cccc(/C=C2/OC3CCCCC3N(CC(=O)NCc3ccc(C)cc3)C2=O)c1. The monoisotopic (exact) mass is 434 g/mol. The topological polar surface area (TPSA) is 67.9 Å². The standard InChI is InChI=1S/C26H30N2O4/c1-18-10-12-19(13-11-18)16-27-25(29)17-28-22-8-3-4-9-23(22)32-24(26(28)30)15-20-6-5-7-21(14-20)31-2/h5-7,10-15,22-23H,3-4,8-9,16-17H2,1-2H3,(H,27,29)/b24-15+. The highest BCUT2D eigenvalue weighted by molar-refractivity contribution is 5.98. The van der Waals surface area contributed by atoms with E-state index in [9.17, 15) is 9.59 Å². The Hall–Kier alpha value is -3.28. The normalized spacial score (nSPS) is 21.6. The van der Waals surface area contributed by atoms with Crippen LogP contribution in [0.15, 0.2) is 54.3 Å². The number of hydrogen-bond acceptors (Lipinski definition) is 4. The zero-order valence-electron chi connectivity index (χ0n) is 18.7. The van der Waals surface area contributed by atoms with E-state index in [4.69, 9.17) is 9.47 Å². The summed E-state index contributed by atoms with van der Waals surface area (Å²) in [5.74, 6) is 0.602. The molecule has 6 heteroatoms. The van der Waals surface area contributed by atoms with Crippen LogP contribution < -0.4 is 10.1 Å². The molecule has 1 N–H and O–H groups in total. The van der Waals surface area contributed by atoms with Crippen molar-refractivity contribution in [2.45, 2.75) is 51.3 Å². The van der Waals surface area contributed by atoms with Gasteiger partial charge in [-0.2, -0.15) is 0 Å². The number of hydrogen-bond donors (Lipinski definition) is 1. The maximum absolute atomic E-state index is 13.3. The van der Waals surface area contributed by atoms with Crippen LogP contribution in [0.2, 0.25) is 0 Å². The van der Waals surface area contributed by atoms with Crippen molar-refractivity contribution in [1.82, 2.24) is 10.2 Å². The third-order valence-corrected chi connectivity index (χ3v) is 6.13. The van der Waals surface area contributed by atoms with Crippen LogP contribution in [-0.4, -0.2) is 42.5 Å². The zero-order valence-corrected chi connectivity index (χ0v) is 18.7. The van der Waals surface area contributed by atoms with E-state index in [1.54, 1.807) is 18.1 Å². The first-order valence-electron chi connectivity index (χ1n) is 11.2.